The third-order valence-electron chi connectivity index (χ3n) is 5.90. The minimum atomic E-state index is -0.397. The molecule has 0 bridgehead atoms. The Labute approximate surface area is 203 Å². The van der Waals surface area contributed by atoms with Crippen molar-refractivity contribution in [3.05, 3.63) is 77.5 Å². The summed E-state index contributed by atoms with van der Waals surface area (Å²) >= 11 is 0. The van der Waals surface area contributed by atoms with Crippen LogP contribution in [0.5, 0.6) is 0 Å². The predicted molar refractivity (Wildman–Crippen MR) is 143 cm³/mol. The number of para-hydroxylation sites is 1. The molecule has 2 amide bonds. The number of aliphatic hydroxyl groups excluding tert-OH is 1. The topological polar surface area (TPSA) is 108 Å². The fraction of sp³-hybridized carbons (Fsp3) is 0.333. The highest BCUT2D eigenvalue weighted by Gasteiger charge is 2.28. The first kappa shape index (κ1) is 26.8. The predicted octanol–water partition coefficient (Wildman–Crippen LogP) is 4.30. The number of anilines is 2. The first-order chi connectivity index (χ1) is 16.5. The number of amides is 2. The summed E-state index contributed by atoms with van der Waals surface area (Å²) in [6.07, 6.45) is 6.79. The van der Waals surface area contributed by atoms with E-state index in [1.807, 2.05) is 54.6 Å². The van der Waals surface area contributed by atoms with Crippen LogP contribution in [-0.2, 0) is 0 Å². The molecule has 1 aliphatic rings. The molecule has 5 N–H and O–H groups in total. The number of aliphatic imine (C=N–C) groups is 1. The van der Waals surface area contributed by atoms with Gasteiger partial charge in [0.1, 0.15) is 0 Å². The first-order valence-corrected chi connectivity index (χ1v) is 11.5. The quantitative estimate of drug-likeness (QED) is 0.308. The van der Waals surface area contributed by atoms with Gasteiger partial charge in [-0.2, -0.15) is 0 Å². The van der Waals surface area contributed by atoms with E-state index in [-0.39, 0.29) is 6.04 Å². The van der Waals surface area contributed by atoms with Crippen LogP contribution in [0.25, 0.3) is 6.08 Å². The summed E-state index contributed by atoms with van der Waals surface area (Å²) in [5, 5.41) is 7.00. The number of nitrogen functional groups attached to an aromatic ring is 1. The zero-order chi connectivity index (χ0) is 24.9. The number of urea groups is 1. The highest BCUT2D eigenvalue weighted by Crippen LogP contribution is 2.25. The molecule has 2 aromatic carbocycles. The van der Waals surface area contributed by atoms with Crippen molar-refractivity contribution in [3.63, 3.8) is 0 Å². The Hall–Kier alpha value is -3.42. The van der Waals surface area contributed by atoms with Gasteiger partial charge >= 0.3 is 6.03 Å². The molecule has 0 atom stereocenters. The number of aliphatic hydroxyl groups is 1. The van der Waals surface area contributed by atoms with E-state index in [0.717, 1.165) is 74.2 Å². The van der Waals surface area contributed by atoms with Gasteiger partial charge in [0, 0.05) is 49.9 Å². The van der Waals surface area contributed by atoms with Gasteiger partial charge < -0.3 is 16.6 Å². The lowest BCUT2D eigenvalue weighted by molar-refractivity contribution is 0.218. The summed E-state index contributed by atoms with van der Waals surface area (Å²) in [5.74, 6) is 0. The SMILES string of the molecule is C=N/C(CC)=C(\C=C/c1ccc(N)cc1)CN1CCC(N(C(N)=O)c2ccccc2)CC1.CO. The Balaban J connectivity index is 0.00000199. The molecule has 0 aliphatic carbocycles. The van der Waals surface area contributed by atoms with E-state index in [0.29, 0.717) is 0 Å². The van der Waals surface area contributed by atoms with Crippen molar-refractivity contribution in [2.45, 2.75) is 32.2 Å². The van der Waals surface area contributed by atoms with Gasteiger partial charge in [0.05, 0.1) is 0 Å². The number of likely N-dealkylation sites (tertiary alicyclic amines) is 1. The van der Waals surface area contributed by atoms with Gasteiger partial charge in [-0.1, -0.05) is 49.4 Å². The average molecular weight is 464 g/mol. The van der Waals surface area contributed by atoms with Crippen LogP contribution in [0.15, 0.2) is 76.9 Å². The van der Waals surface area contributed by atoms with Gasteiger partial charge in [-0.15, -0.1) is 0 Å². The Morgan fingerprint density at radius 1 is 1.15 bits per heavy atom. The second-order valence-corrected chi connectivity index (χ2v) is 8.03. The van der Waals surface area contributed by atoms with Gasteiger partial charge in [0.15, 0.2) is 0 Å². The van der Waals surface area contributed by atoms with E-state index in [9.17, 15) is 4.79 Å². The number of piperidine rings is 1. The van der Waals surface area contributed by atoms with Crippen molar-refractivity contribution in [2.24, 2.45) is 10.7 Å². The lowest BCUT2D eigenvalue weighted by Gasteiger charge is -2.38. The van der Waals surface area contributed by atoms with Crippen LogP contribution >= 0.6 is 0 Å². The molecule has 1 heterocycles. The molecule has 0 unspecified atom stereocenters. The molecule has 3 rings (SSSR count). The average Bonchev–Trinajstić information content (AvgIpc) is 2.87. The van der Waals surface area contributed by atoms with E-state index >= 15 is 0 Å². The smallest absolute Gasteiger partial charge is 0.319 e. The molecule has 7 nitrogen and oxygen atoms in total. The maximum absolute atomic E-state index is 12.2. The minimum Gasteiger partial charge on any atom is -0.400 e. The number of hydrogen-bond donors (Lipinski definition) is 3. The molecule has 0 spiro atoms. The van der Waals surface area contributed by atoms with E-state index in [2.05, 4.69) is 35.7 Å². The molecule has 7 heteroatoms. The van der Waals surface area contributed by atoms with E-state index in [1.165, 1.54) is 0 Å². The maximum Gasteiger partial charge on any atom is 0.319 e. The molecule has 1 fully saturated rings. The second-order valence-electron chi connectivity index (χ2n) is 8.03. The Bertz CT molecular complexity index is 962. The number of hydrogen-bond acceptors (Lipinski definition) is 5. The number of allylic oxidation sites excluding steroid dienone is 1. The molecule has 2 aromatic rings. The third kappa shape index (κ3) is 7.57. The summed E-state index contributed by atoms with van der Waals surface area (Å²) in [4.78, 5) is 20.6. The standard InChI is InChI=1S/C26H33N5O.CH4O/c1-3-25(29-2)21(12-9-20-10-13-22(27)14-11-20)19-30-17-15-24(16-18-30)31(26(28)32)23-7-5-4-6-8-23;1-2/h4-14,24H,2-3,15-19,27H2,1H3,(H2,28,32);2H,1H3/b12-9-,25-21+;. The van der Waals surface area contributed by atoms with Crippen molar-refractivity contribution < 1.29 is 9.90 Å². The Morgan fingerprint density at radius 3 is 2.29 bits per heavy atom. The van der Waals surface area contributed by atoms with Crippen LogP contribution in [0.1, 0.15) is 31.7 Å². The van der Waals surface area contributed by atoms with Crippen molar-refractivity contribution in [1.29, 1.82) is 0 Å². The highest BCUT2D eigenvalue weighted by atomic mass is 16.2. The number of carbonyl (C=O) groups excluding carboxylic acids is 1. The fourth-order valence-corrected chi connectivity index (χ4v) is 4.17. The summed E-state index contributed by atoms with van der Waals surface area (Å²) in [5.41, 5.74) is 16.4. The number of nitrogens with two attached hydrogens (primary N) is 2. The lowest BCUT2D eigenvalue weighted by Crippen LogP contribution is -2.49. The van der Waals surface area contributed by atoms with Crippen molar-refractivity contribution in [3.8, 4) is 0 Å². The van der Waals surface area contributed by atoms with Gasteiger partial charge in [-0.05, 0) is 61.4 Å². The first-order valence-electron chi connectivity index (χ1n) is 11.5. The summed E-state index contributed by atoms with van der Waals surface area (Å²) in [7, 11) is 1.00. The second kappa shape index (κ2) is 14.0. The lowest BCUT2D eigenvalue weighted by atomic mass is 10.0. The normalized spacial score (nSPS) is 15.3. The summed E-state index contributed by atoms with van der Waals surface area (Å²) in [6, 6.07) is 17.2. The largest absolute Gasteiger partial charge is 0.400 e. The molecule has 0 saturated carbocycles. The van der Waals surface area contributed by atoms with Gasteiger partial charge in [-0.3, -0.25) is 14.8 Å². The van der Waals surface area contributed by atoms with E-state index in [4.69, 9.17) is 16.6 Å². The fourth-order valence-electron chi connectivity index (χ4n) is 4.17. The van der Waals surface area contributed by atoms with Crippen molar-refractivity contribution in [1.82, 2.24) is 4.90 Å². The van der Waals surface area contributed by atoms with Crippen LogP contribution in [-0.4, -0.2) is 55.5 Å². The van der Waals surface area contributed by atoms with E-state index < -0.39 is 6.03 Å². The summed E-state index contributed by atoms with van der Waals surface area (Å²) in [6.45, 7) is 8.42. The monoisotopic (exact) mass is 463 g/mol. The molecule has 0 radical (unpaired) electrons. The molecule has 0 aromatic heterocycles. The highest BCUT2D eigenvalue weighted by molar-refractivity contribution is 5.91. The Kier molecular flexibility index (Phi) is 11.0. The molecular formula is C27H37N5O2. The van der Waals surface area contributed by atoms with Crippen LogP contribution < -0.4 is 16.4 Å². The van der Waals surface area contributed by atoms with Crippen LogP contribution in [0.4, 0.5) is 16.2 Å². The molecule has 1 aliphatic heterocycles. The number of rotatable bonds is 8. The van der Waals surface area contributed by atoms with Crippen LogP contribution in [0.2, 0.25) is 0 Å². The maximum atomic E-state index is 12.2. The molecule has 1 saturated heterocycles. The van der Waals surface area contributed by atoms with Crippen LogP contribution in [0.3, 0.4) is 0 Å². The Morgan fingerprint density at radius 2 is 1.76 bits per heavy atom. The van der Waals surface area contributed by atoms with Crippen molar-refractivity contribution in [2.75, 3.05) is 37.4 Å². The number of primary amides is 1. The molecular weight excluding hydrogens is 426 g/mol. The van der Waals surface area contributed by atoms with E-state index in [1.54, 1.807) is 4.90 Å². The van der Waals surface area contributed by atoms with Gasteiger partial charge in [-0.25, -0.2) is 4.79 Å². The zero-order valence-electron chi connectivity index (χ0n) is 20.2. The number of benzene rings is 2. The number of nitrogens with zero attached hydrogens (tertiary/aromatic N) is 3. The summed E-state index contributed by atoms with van der Waals surface area (Å²) < 4.78 is 0. The van der Waals surface area contributed by atoms with Gasteiger partial charge in [0.2, 0.25) is 0 Å². The molecule has 182 valence electrons. The number of carbonyl (C=O) groups is 1. The van der Waals surface area contributed by atoms with Crippen LogP contribution in [0, 0.1) is 0 Å². The van der Waals surface area contributed by atoms with Gasteiger partial charge in [0.25, 0.3) is 0 Å². The molecule has 34 heavy (non-hydrogen) atoms. The third-order valence-corrected chi connectivity index (χ3v) is 5.90. The van der Waals surface area contributed by atoms with Crippen molar-refractivity contribution >= 4 is 30.2 Å². The minimum absolute atomic E-state index is 0.104. The zero-order valence-corrected chi connectivity index (χ0v) is 20.2.